The number of anilines is 1. The van der Waals surface area contributed by atoms with E-state index in [4.69, 9.17) is 0 Å². The van der Waals surface area contributed by atoms with E-state index >= 15 is 0 Å². The zero-order valence-electron chi connectivity index (χ0n) is 16.9. The topological polar surface area (TPSA) is 144 Å². The summed E-state index contributed by atoms with van der Waals surface area (Å²) in [6, 6.07) is 14.0. The number of rotatable bonds is 3. The van der Waals surface area contributed by atoms with E-state index < -0.39 is 16.2 Å². The lowest BCUT2D eigenvalue weighted by Gasteiger charge is -2.27. The van der Waals surface area contributed by atoms with E-state index in [1.165, 1.54) is 30.3 Å². The summed E-state index contributed by atoms with van der Waals surface area (Å²) in [6.45, 7) is 0. The lowest BCUT2D eigenvalue weighted by molar-refractivity contribution is -0.384. The first kappa shape index (κ1) is 18.9. The summed E-state index contributed by atoms with van der Waals surface area (Å²) < 4.78 is 0. The van der Waals surface area contributed by atoms with Gasteiger partial charge in [-0.2, -0.15) is 0 Å². The van der Waals surface area contributed by atoms with Gasteiger partial charge in [0.25, 0.3) is 5.69 Å². The third-order valence-electron chi connectivity index (χ3n) is 6.36. The molecule has 1 amide bonds. The quantitative estimate of drug-likeness (QED) is 0.210. The summed E-state index contributed by atoms with van der Waals surface area (Å²) in [5.74, 6) is -0.443. The maximum atomic E-state index is 13.9. The molecule has 1 aliphatic rings. The van der Waals surface area contributed by atoms with Gasteiger partial charge in [-0.3, -0.25) is 14.9 Å². The number of H-pyrrole nitrogens is 2. The first-order valence-corrected chi connectivity index (χ1v) is 10.1. The van der Waals surface area contributed by atoms with E-state index in [0.29, 0.717) is 44.2 Å². The fraction of sp³-hybridized carbons (Fsp3) is 0.0417. The number of aromatic hydroxyl groups is 2. The number of benzene rings is 3. The molecule has 9 heteroatoms. The van der Waals surface area contributed by atoms with Crippen molar-refractivity contribution in [3.63, 3.8) is 0 Å². The maximum absolute atomic E-state index is 13.9. The average molecular weight is 440 g/mol. The Morgan fingerprint density at radius 2 is 1.67 bits per heavy atom. The number of hydrogen-bond acceptors (Lipinski definition) is 5. The smallest absolute Gasteiger partial charge is 0.269 e. The van der Waals surface area contributed by atoms with Gasteiger partial charge >= 0.3 is 0 Å². The normalized spacial score (nSPS) is 17.4. The van der Waals surface area contributed by atoms with Crippen molar-refractivity contribution in [3.8, 4) is 11.5 Å². The molecule has 6 rings (SSSR count). The van der Waals surface area contributed by atoms with Gasteiger partial charge in [-0.05, 0) is 36.4 Å². The van der Waals surface area contributed by atoms with E-state index in [2.05, 4.69) is 15.3 Å². The van der Waals surface area contributed by atoms with Crippen molar-refractivity contribution in [3.05, 3.63) is 93.8 Å². The molecule has 1 aliphatic heterocycles. The molecule has 33 heavy (non-hydrogen) atoms. The number of phenols is 2. The molecule has 5 N–H and O–H groups in total. The van der Waals surface area contributed by atoms with Crippen molar-refractivity contribution < 1.29 is 19.9 Å². The molecule has 0 saturated carbocycles. The number of hydrogen-bond donors (Lipinski definition) is 5. The SMILES string of the molecule is O=C1Nc2ccc([N+](=O)[O-])cc2C1(c1c[nH]c2ccc(O)cc12)c1c[nH]c2cccc(O)c12. The second-order valence-electron chi connectivity index (χ2n) is 8.03. The van der Waals surface area contributed by atoms with E-state index in [-0.39, 0.29) is 17.2 Å². The highest BCUT2D eigenvalue weighted by Gasteiger charge is 2.53. The van der Waals surface area contributed by atoms with Crippen molar-refractivity contribution in [2.24, 2.45) is 0 Å². The fourth-order valence-corrected chi connectivity index (χ4v) is 4.96. The van der Waals surface area contributed by atoms with E-state index in [1.54, 1.807) is 36.7 Å². The Hall–Kier alpha value is -4.79. The number of aromatic amines is 2. The van der Waals surface area contributed by atoms with Gasteiger partial charge in [0.1, 0.15) is 16.9 Å². The van der Waals surface area contributed by atoms with Gasteiger partial charge in [-0.25, -0.2) is 0 Å². The number of nitrogens with zero attached hydrogens (tertiary/aromatic N) is 1. The number of phenolic OH excluding ortho intramolecular Hbond substituents is 2. The van der Waals surface area contributed by atoms with Crippen molar-refractivity contribution in [1.29, 1.82) is 0 Å². The Bertz CT molecular complexity index is 1630. The lowest BCUT2D eigenvalue weighted by Crippen LogP contribution is -2.36. The highest BCUT2D eigenvalue weighted by molar-refractivity contribution is 6.16. The molecule has 9 nitrogen and oxygen atoms in total. The molecule has 1 atom stereocenters. The van der Waals surface area contributed by atoms with Crippen LogP contribution in [0.4, 0.5) is 11.4 Å². The van der Waals surface area contributed by atoms with Crippen LogP contribution in [-0.4, -0.2) is 31.0 Å². The molecule has 0 spiro atoms. The minimum absolute atomic E-state index is 0.0120. The molecule has 0 aliphatic carbocycles. The molecule has 3 heterocycles. The van der Waals surface area contributed by atoms with Crippen LogP contribution in [0, 0.1) is 10.1 Å². The number of carbonyl (C=O) groups excluding carboxylic acids is 1. The Morgan fingerprint density at radius 1 is 0.879 bits per heavy atom. The van der Waals surface area contributed by atoms with Crippen LogP contribution in [0.25, 0.3) is 21.8 Å². The summed E-state index contributed by atoms with van der Waals surface area (Å²) in [5.41, 5.74) is 1.34. The summed E-state index contributed by atoms with van der Waals surface area (Å²) >= 11 is 0. The molecule has 5 aromatic rings. The number of aromatic nitrogens is 2. The van der Waals surface area contributed by atoms with Crippen LogP contribution in [0.5, 0.6) is 11.5 Å². The largest absolute Gasteiger partial charge is 0.508 e. The average Bonchev–Trinajstić information content (AvgIpc) is 3.47. The molecule has 1 unspecified atom stereocenters. The van der Waals surface area contributed by atoms with Gasteiger partial charge in [0.15, 0.2) is 0 Å². The molecular weight excluding hydrogens is 424 g/mol. The van der Waals surface area contributed by atoms with Crippen LogP contribution in [0.2, 0.25) is 0 Å². The van der Waals surface area contributed by atoms with Crippen molar-refractivity contribution in [2.45, 2.75) is 5.41 Å². The van der Waals surface area contributed by atoms with Crippen LogP contribution in [0.1, 0.15) is 16.7 Å². The number of non-ortho nitro benzene ring substituents is 1. The van der Waals surface area contributed by atoms with Crippen molar-refractivity contribution in [1.82, 2.24) is 9.97 Å². The maximum Gasteiger partial charge on any atom is 0.269 e. The Labute approximate surface area is 185 Å². The molecule has 0 fully saturated rings. The molecule has 2 aromatic heterocycles. The Morgan fingerprint density at radius 3 is 2.48 bits per heavy atom. The van der Waals surface area contributed by atoms with Crippen LogP contribution < -0.4 is 5.32 Å². The summed E-state index contributed by atoms with van der Waals surface area (Å²) in [7, 11) is 0. The van der Waals surface area contributed by atoms with Gasteiger partial charge in [0, 0.05) is 68.7 Å². The molecule has 0 bridgehead atoms. The number of carbonyl (C=O) groups is 1. The first-order valence-electron chi connectivity index (χ1n) is 10.1. The minimum atomic E-state index is -1.54. The van der Waals surface area contributed by atoms with Crippen LogP contribution in [0.3, 0.4) is 0 Å². The predicted octanol–water partition coefficient (Wildman–Crippen LogP) is 4.26. The molecular formula is C24H16N4O5. The molecule has 3 aromatic carbocycles. The monoisotopic (exact) mass is 440 g/mol. The number of amides is 1. The van der Waals surface area contributed by atoms with Crippen LogP contribution in [0.15, 0.2) is 67.0 Å². The third kappa shape index (κ3) is 2.38. The summed E-state index contributed by atoms with van der Waals surface area (Å²) in [6.07, 6.45) is 3.30. The van der Waals surface area contributed by atoms with Gasteiger partial charge < -0.3 is 25.5 Å². The predicted molar refractivity (Wildman–Crippen MR) is 122 cm³/mol. The standard InChI is InChI=1S/C24H16N4O5/c29-13-5-7-18-14(9-13)16(10-25-18)24(17-11-26-20-2-1-3-21(30)22(17)20)15-8-12(28(32)33)4-6-19(15)27-23(24)31/h1-11,25-26,29-30H,(H,27,31). The van der Waals surface area contributed by atoms with Crippen LogP contribution >= 0.6 is 0 Å². The minimum Gasteiger partial charge on any atom is -0.508 e. The van der Waals surface area contributed by atoms with Crippen molar-refractivity contribution in [2.75, 3.05) is 5.32 Å². The Kier molecular flexibility index (Phi) is 3.65. The molecule has 0 radical (unpaired) electrons. The number of nitro benzene ring substituents is 1. The number of fused-ring (bicyclic) bond motifs is 3. The first-order chi connectivity index (χ1) is 15.9. The lowest BCUT2D eigenvalue weighted by atomic mass is 9.70. The van der Waals surface area contributed by atoms with E-state index in [0.717, 1.165) is 0 Å². The van der Waals surface area contributed by atoms with Crippen molar-refractivity contribution >= 4 is 39.1 Å². The van der Waals surface area contributed by atoms with Gasteiger partial charge in [-0.15, -0.1) is 0 Å². The molecule has 162 valence electrons. The molecule has 0 saturated heterocycles. The van der Waals surface area contributed by atoms with Gasteiger partial charge in [-0.1, -0.05) is 6.07 Å². The zero-order chi connectivity index (χ0) is 22.9. The highest BCUT2D eigenvalue weighted by Crippen LogP contribution is 2.53. The Balaban J connectivity index is 1.81. The second-order valence-corrected chi connectivity index (χ2v) is 8.03. The number of nitrogens with one attached hydrogen (secondary N) is 3. The van der Waals surface area contributed by atoms with E-state index in [1.807, 2.05) is 0 Å². The van der Waals surface area contributed by atoms with Gasteiger partial charge in [0.2, 0.25) is 5.91 Å². The van der Waals surface area contributed by atoms with Crippen LogP contribution in [-0.2, 0) is 10.2 Å². The second kappa shape index (κ2) is 6.36. The summed E-state index contributed by atoms with van der Waals surface area (Å²) in [5, 5.41) is 36.4. The highest BCUT2D eigenvalue weighted by atomic mass is 16.6. The third-order valence-corrected chi connectivity index (χ3v) is 6.36. The number of nitro groups is 1. The summed E-state index contributed by atoms with van der Waals surface area (Å²) in [4.78, 5) is 31.2. The zero-order valence-corrected chi connectivity index (χ0v) is 16.9. The van der Waals surface area contributed by atoms with E-state index in [9.17, 15) is 25.1 Å². The van der Waals surface area contributed by atoms with Gasteiger partial charge in [0.05, 0.1) is 4.92 Å². The fourth-order valence-electron chi connectivity index (χ4n) is 4.96.